The van der Waals surface area contributed by atoms with Gasteiger partial charge in [0.25, 0.3) is 5.91 Å². The maximum Gasteiger partial charge on any atom is 0.276 e. The topological polar surface area (TPSA) is 169 Å². The van der Waals surface area contributed by atoms with E-state index in [4.69, 9.17) is 15.9 Å². The lowest BCUT2D eigenvalue weighted by atomic mass is 9.76. The van der Waals surface area contributed by atoms with Crippen molar-refractivity contribution in [3.05, 3.63) is 70.7 Å². The van der Waals surface area contributed by atoms with E-state index in [1.807, 2.05) is 0 Å². The number of anilines is 1. The summed E-state index contributed by atoms with van der Waals surface area (Å²) in [6.07, 6.45) is 3.03. The van der Waals surface area contributed by atoms with E-state index < -0.39 is 29.6 Å². The molecule has 2 amide bonds. The van der Waals surface area contributed by atoms with Crippen LogP contribution in [0.1, 0.15) is 60.0 Å². The molecule has 3 heterocycles. The number of nitrogens with one attached hydrogen (secondary N) is 3. The number of benzene rings is 1. The number of pyridine rings is 1. The van der Waals surface area contributed by atoms with Gasteiger partial charge in [-0.25, -0.2) is 9.02 Å². The molecule has 1 unspecified atom stereocenters. The second kappa shape index (κ2) is 9.93. The van der Waals surface area contributed by atoms with E-state index in [2.05, 4.69) is 30.6 Å². The van der Waals surface area contributed by atoms with E-state index in [0.29, 0.717) is 40.6 Å². The Kier molecular flexibility index (Phi) is 6.62. The summed E-state index contributed by atoms with van der Waals surface area (Å²) in [7, 11) is 0. The van der Waals surface area contributed by atoms with Gasteiger partial charge in [0.1, 0.15) is 23.3 Å². The van der Waals surface area contributed by atoms with Gasteiger partial charge in [-0.2, -0.15) is 0 Å². The number of ether oxygens (including phenoxy) is 1. The molecule has 2 atom stereocenters. The minimum atomic E-state index is -1.06. The molecule has 3 aromatic rings. The van der Waals surface area contributed by atoms with Crippen LogP contribution in [0.4, 0.5) is 10.1 Å². The van der Waals surface area contributed by atoms with Gasteiger partial charge in [0.05, 0.1) is 24.2 Å². The number of hydrogen-bond acceptors (Lipinski definition) is 9. The number of aryl methyl sites for hydroxylation is 1. The molecule has 1 aliphatic carbocycles. The summed E-state index contributed by atoms with van der Waals surface area (Å²) in [4.78, 5) is 31.4. The Morgan fingerprint density at radius 2 is 1.97 bits per heavy atom. The first-order valence-corrected chi connectivity index (χ1v) is 12.4. The fourth-order valence-electron chi connectivity index (χ4n) is 5.15. The van der Waals surface area contributed by atoms with Crippen molar-refractivity contribution in [2.75, 3.05) is 11.9 Å². The van der Waals surface area contributed by atoms with E-state index in [1.54, 1.807) is 39.0 Å². The zero-order chi connectivity index (χ0) is 27.9. The number of halogens is 1. The van der Waals surface area contributed by atoms with Gasteiger partial charge in [-0.05, 0) is 57.0 Å². The van der Waals surface area contributed by atoms with Crippen molar-refractivity contribution in [1.82, 2.24) is 20.6 Å². The number of nitrogens with two attached hydrogens (primary N) is 1. The third kappa shape index (κ3) is 4.97. The molecular weight excluding hydrogens is 505 g/mol. The summed E-state index contributed by atoms with van der Waals surface area (Å²) in [6, 6.07) is 6.46. The number of rotatable bonds is 7. The highest BCUT2D eigenvalue weighted by atomic mass is 19.1. The van der Waals surface area contributed by atoms with Crippen molar-refractivity contribution in [2.24, 2.45) is 11.1 Å². The van der Waals surface area contributed by atoms with Gasteiger partial charge in [0, 0.05) is 39.9 Å². The summed E-state index contributed by atoms with van der Waals surface area (Å²) in [5, 5.41) is 21.0. The Balaban J connectivity index is 1.49. The molecule has 0 radical (unpaired) electrons. The van der Waals surface area contributed by atoms with Crippen molar-refractivity contribution >= 4 is 28.8 Å². The molecule has 0 saturated heterocycles. The molecule has 39 heavy (non-hydrogen) atoms. The van der Waals surface area contributed by atoms with Crippen molar-refractivity contribution in [1.29, 1.82) is 5.41 Å². The first kappa shape index (κ1) is 26.0. The Hall–Kier alpha value is -4.61. The van der Waals surface area contributed by atoms with E-state index in [-0.39, 0.29) is 22.5 Å². The molecule has 202 valence electrons. The van der Waals surface area contributed by atoms with Crippen LogP contribution in [-0.4, -0.2) is 45.5 Å². The molecular formula is C27H28FN7O4. The van der Waals surface area contributed by atoms with E-state index in [1.165, 1.54) is 18.3 Å². The van der Waals surface area contributed by atoms with E-state index >= 15 is 0 Å². The maximum atomic E-state index is 14.0. The first-order chi connectivity index (χ1) is 18.6. The van der Waals surface area contributed by atoms with Gasteiger partial charge in [-0.15, -0.1) is 0 Å². The Labute approximate surface area is 223 Å². The number of hydrogen-bond donors (Lipinski definition) is 4. The number of fused-ring (bicyclic) bond motifs is 1. The Bertz CT molecular complexity index is 1490. The highest BCUT2D eigenvalue weighted by Crippen LogP contribution is 2.61. The summed E-state index contributed by atoms with van der Waals surface area (Å²) in [6.45, 7) is 5.18. The molecule has 1 fully saturated rings. The molecule has 1 saturated carbocycles. The molecule has 1 aromatic carbocycles. The molecule has 1 aliphatic heterocycles. The lowest BCUT2D eigenvalue weighted by Crippen LogP contribution is -2.52. The largest absolute Gasteiger partial charge is 0.493 e. The van der Waals surface area contributed by atoms with Crippen LogP contribution in [0.3, 0.4) is 0 Å². The lowest BCUT2D eigenvalue weighted by molar-refractivity contribution is -0.119. The summed E-state index contributed by atoms with van der Waals surface area (Å²) in [5.41, 5.74) is 8.54. The van der Waals surface area contributed by atoms with Crippen LogP contribution in [0.2, 0.25) is 0 Å². The Morgan fingerprint density at radius 3 is 2.56 bits per heavy atom. The summed E-state index contributed by atoms with van der Waals surface area (Å²) in [5.74, 6) is -1.72. The van der Waals surface area contributed by atoms with E-state index in [0.717, 1.165) is 12.8 Å². The maximum absolute atomic E-state index is 14.0. The van der Waals surface area contributed by atoms with Crippen LogP contribution in [0.15, 0.2) is 46.9 Å². The van der Waals surface area contributed by atoms with Gasteiger partial charge in [-0.1, -0.05) is 11.2 Å². The normalized spacial score (nSPS) is 18.3. The number of amides is 2. The zero-order valence-corrected chi connectivity index (χ0v) is 21.7. The first-order valence-electron chi connectivity index (χ1n) is 12.4. The molecule has 12 heteroatoms. The standard InChI is InChI=1S/C27H28FN7O4/c1-13(29)21(14(2)30)19-7-5-17(11-31-19)32-26(37)24(33-25(36)23-15(3)34-39-35-23)22-18-6-4-16(28)10-20(18)38-12-27(22)8-9-27/h4-7,10-11,22,24,29H,8-9,12,30H2,1-3H3,(H,32,37)(H,33,36)/b21-14+,29-13?/t22?,24-/m0/s1. The molecule has 11 nitrogen and oxygen atoms in total. The highest BCUT2D eigenvalue weighted by molar-refractivity contribution is 6.21. The SMILES string of the molecule is CC(=N)/C(=C(/C)N)c1ccc(NC(=O)[C@@H](NC(=O)c2nonc2C)C2c3ccc(F)cc3OCC23CC3)cn1. The number of carbonyl (C=O) groups is 2. The van der Waals surface area contributed by atoms with Crippen LogP contribution < -0.4 is 21.1 Å². The second-order valence-electron chi connectivity index (χ2n) is 10.1. The average Bonchev–Trinajstić information content (AvgIpc) is 3.52. The molecule has 0 bridgehead atoms. The van der Waals surface area contributed by atoms with Crippen LogP contribution in [0.25, 0.3) is 5.57 Å². The van der Waals surface area contributed by atoms with Crippen LogP contribution in [-0.2, 0) is 4.79 Å². The summed E-state index contributed by atoms with van der Waals surface area (Å²) >= 11 is 0. The van der Waals surface area contributed by atoms with Crippen LogP contribution in [0, 0.1) is 23.6 Å². The highest BCUT2D eigenvalue weighted by Gasteiger charge is 2.58. The number of carbonyl (C=O) groups excluding carboxylic acids is 2. The number of nitrogens with zero attached hydrogens (tertiary/aromatic N) is 3. The fourth-order valence-corrected chi connectivity index (χ4v) is 5.15. The van der Waals surface area contributed by atoms with Crippen molar-refractivity contribution in [2.45, 2.75) is 45.6 Å². The minimum Gasteiger partial charge on any atom is -0.493 e. The van der Waals surface area contributed by atoms with Gasteiger partial charge >= 0.3 is 0 Å². The number of aromatic nitrogens is 3. The van der Waals surface area contributed by atoms with Gasteiger partial charge in [0.2, 0.25) is 5.91 Å². The van der Waals surface area contributed by atoms with Gasteiger partial charge in [0.15, 0.2) is 5.69 Å². The lowest BCUT2D eigenvalue weighted by Gasteiger charge is -2.38. The summed E-state index contributed by atoms with van der Waals surface area (Å²) < 4.78 is 24.6. The molecule has 2 aliphatic rings. The van der Waals surface area contributed by atoms with Gasteiger partial charge < -0.3 is 26.5 Å². The quantitative estimate of drug-likeness (QED) is 0.335. The molecule has 5 N–H and O–H groups in total. The van der Waals surface area contributed by atoms with Crippen molar-refractivity contribution < 1.29 is 23.3 Å². The van der Waals surface area contributed by atoms with Crippen LogP contribution in [0.5, 0.6) is 5.75 Å². The smallest absolute Gasteiger partial charge is 0.276 e. The average molecular weight is 534 g/mol. The Morgan fingerprint density at radius 1 is 1.21 bits per heavy atom. The second-order valence-corrected chi connectivity index (χ2v) is 10.1. The monoisotopic (exact) mass is 533 g/mol. The zero-order valence-electron chi connectivity index (χ0n) is 21.7. The van der Waals surface area contributed by atoms with Gasteiger partial charge in [-0.3, -0.25) is 14.6 Å². The molecule has 5 rings (SSSR count). The predicted octanol–water partition coefficient (Wildman–Crippen LogP) is 3.33. The third-order valence-electron chi connectivity index (χ3n) is 7.20. The third-order valence-corrected chi connectivity index (χ3v) is 7.20. The minimum absolute atomic E-state index is 0.0338. The van der Waals surface area contributed by atoms with Crippen molar-refractivity contribution in [3.63, 3.8) is 0 Å². The molecule has 1 spiro atoms. The predicted molar refractivity (Wildman–Crippen MR) is 140 cm³/mol. The molecule has 2 aromatic heterocycles. The van der Waals surface area contributed by atoms with E-state index in [9.17, 15) is 14.0 Å². The fraction of sp³-hybridized carbons (Fsp3) is 0.333. The van der Waals surface area contributed by atoms with Crippen molar-refractivity contribution in [3.8, 4) is 5.75 Å². The van der Waals surface area contributed by atoms with Crippen LogP contribution >= 0.6 is 0 Å². The number of allylic oxidation sites excluding steroid dienone is 2.